The van der Waals surface area contributed by atoms with E-state index in [1.165, 1.54) is 0 Å². The van der Waals surface area contributed by atoms with E-state index in [2.05, 4.69) is 0 Å². The summed E-state index contributed by atoms with van der Waals surface area (Å²) in [6.45, 7) is 3.06. The van der Waals surface area contributed by atoms with Crippen LogP contribution in [0.1, 0.15) is 5.56 Å². The Bertz CT molecular complexity index is 311. The van der Waals surface area contributed by atoms with Crippen LogP contribution in [0.25, 0.3) is 0 Å². The van der Waals surface area contributed by atoms with Gasteiger partial charge in [-0.25, -0.2) is 0 Å². The average molecular weight is 230 g/mol. The number of hydrogen-bond acceptors (Lipinski definition) is 3. The van der Waals surface area contributed by atoms with Crippen LogP contribution in [-0.4, -0.2) is 36.5 Å². The average Bonchev–Trinajstić information content (AvgIpc) is 2.22. The first-order chi connectivity index (χ1) is 7.19. The Kier molecular flexibility index (Phi) is 4.88. The molecule has 1 aromatic rings. The van der Waals surface area contributed by atoms with E-state index in [0.29, 0.717) is 18.1 Å². The van der Waals surface area contributed by atoms with Gasteiger partial charge in [0.15, 0.2) is 0 Å². The van der Waals surface area contributed by atoms with Crippen LogP contribution in [0.3, 0.4) is 0 Å². The van der Waals surface area contributed by atoms with E-state index in [4.69, 9.17) is 21.8 Å². The molecule has 0 unspecified atom stereocenters. The monoisotopic (exact) mass is 229 g/mol. The van der Waals surface area contributed by atoms with Crippen LogP contribution >= 0.6 is 11.6 Å². The van der Waals surface area contributed by atoms with Crippen molar-refractivity contribution < 1.29 is 10.2 Å². The second-order valence-electron chi connectivity index (χ2n) is 3.37. The summed E-state index contributed by atoms with van der Waals surface area (Å²) in [6.07, 6.45) is 0. The van der Waals surface area contributed by atoms with Gasteiger partial charge in [-0.3, -0.25) is 0 Å². The summed E-state index contributed by atoms with van der Waals surface area (Å²) in [4.78, 5) is 1.89. The number of benzene rings is 1. The summed E-state index contributed by atoms with van der Waals surface area (Å²) >= 11 is 6.01. The van der Waals surface area contributed by atoms with E-state index < -0.39 is 0 Å². The van der Waals surface area contributed by atoms with Gasteiger partial charge >= 0.3 is 0 Å². The van der Waals surface area contributed by atoms with Crippen molar-refractivity contribution in [2.75, 3.05) is 31.2 Å². The minimum absolute atomic E-state index is 0.0610. The van der Waals surface area contributed by atoms with Crippen molar-refractivity contribution in [2.45, 2.75) is 6.92 Å². The molecule has 1 aromatic carbocycles. The van der Waals surface area contributed by atoms with Crippen LogP contribution in [0.4, 0.5) is 5.69 Å². The molecular weight excluding hydrogens is 214 g/mol. The molecule has 0 aliphatic heterocycles. The highest BCUT2D eigenvalue weighted by atomic mass is 35.5. The van der Waals surface area contributed by atoms with Gasteiger partial charge in [0, 0.05) is 23.8 Å². The van der Waals surface area contributed by atoms with E-state index in [9.17, 15) is 0 Å². The lowest BCUT2D eigenvalue weighted by molar-refractivity contribution is 0.281. The van der Waals surface area contributed by atoms with E-state index >= 15 is 0 Å². The molecule has 0 saturated carbocycles. The van der Waals surface area contributed by atoms with Crippen LogP contribution < -0.4 is 4.90 Å². The second-order valence-corrected chi connectivity index (χ2v) is 3.77. The zero-order valence-corrected chi connectivity index (χ0v) is 9.54. The summed E-state index contributed by atoms with van der Waals surface area (Å²) in [7, 11) is 0. The first-order valence-electron chi connectivity index (χ1n) is 4.92. The lowest BCUT2D eigenvalue weighted by atomic mass is 10.2. The Morgan fingerprint density at radius 1 is 1.20 bits per heavy atom. The molecule has 0 aliphatic rings. The van der Waals surface area contributed by atoms with Crippen LogP contribution in [0.5, 0.6) is 0 Å². The highest BCUT2D eigenvalue weighted by Crippen LogP contribution is 2.22. The lowest BCUT2D eigenvalue weighted by Crippen LogP contribution is -2.29. The van der Waals surface area contributed by atoms with E-state index in [1.807, 2.05) is 30.0 Å². The van der Waals surface area contributed by atoms with Crippen molar-refractivity contribution in [3.05, 3.63) is 28.8 Å². The predicted molar refractivity (Wildman–Crippen MR) is 62.6 cm³/mol. The fourth-order valence-corrected chi connectivity index (χ4v) is 1.56. The van der Waals surface area contributed by atoms with Gasteiger partial charge in [-0.2, -0.15) is 0 Å². The van der Waals surface area contributed by atoms with Gasteiger partial charge in [0.25, 0.3) is 0 Å². The summed E-state index contributed by atoms with van der Waals surface area (Å²) in [5.74, 6) is 0. The summed E-state index contributed by atoms with van der Waals surface area (Å²) in [5, 5.41) is 18.5. The number of nitrogens with zero attached hydrogens (tertiary/aromatic N) is 1. The van der Waals surface area contributed by atoms with E-state index in [0.717, 1.165) is 11.3 Å². The predicted octanol–water partition coefficient (Wildman–Crippen LogP) is 1.44. The van der Waals surface area contributed by atoms with Crippen molar-refractivity contribution in [3.8, 4) is 0 Å². The van der Waals surface area contributed by atoms with Crippen molar-refractivity contribution in [1.29, 1.82) is 0 Å². The molecule has 0 aliphatic carbocycles. The first kappa shape index (κ1) is 12.3. The topological polar surface area (TPSA) is 43.7 Å². The number of hydrogen-bond donors (Lipinski definition) is 2. The molecule has 0 bridgehead atoms. The van der Waals surface area contributed by atoms with Crippen LogP contribution in [-0.2, 0) is 0 Å². The second kappa shape index (κ2) is 5.95. The third-order valence-corrected chi connectivity index (χ3v) is 2.67. The smallest absolute Gasteiger partial charge is 0.0606 e. The molecular formula is C11H16ClNO2. The SMILES string of the molecule is Cc1ccc(N(CCO)CCO)cc1Cl. The minimum atomic E-state index is 0.0610. The molecule has 0 fully saturated rings. The number of halogens is 1. The summed E-state index contributed by atoms with van der Waals surface area (Å²) < 4.78 is 0. The van der Waals surface area contributed by atoms with Gasteiger partial charge in [0.1, 0.15) is 0 Å². The molecule has 0 atom stereocenters. The van der Waals surface area contributed by atoms with E-state index in [1.54, 1.807) is 0 Å². The van der Waals surface area contributed by atoms with Gasteiger partial charge in [-0.15, -0.1) is 0 Å². The quantitative estimate of drug-likeness (QED) is 0.803. The van der Waals surface area contributed by atoms with E-state index in [-0.39, 0.29) is 13.2 Å². The highest BCUT2D eigenvalue weighted by Gasteiger charge is 2.06. The minimum Gasteiger partial charge on any atom is -0.395 e. The molecule has 3 nitrogen and oxygen atoms in total. The summed E-state index contributed by atoms with van der Waals surface area (Å²) in [6, 6.07) is 5.72. The van der Waals surface area contributed by atoms with Gasteiger partial charge in [0.2, 0.25) is 0 Å². The first-order valence-corrected chi connectivity index (χ1v) is 5.29. The lowest BCUT2D eigenvalue weighted by Gasteiger charge is -2.23. The molecule has 0 spiro atoms. The van der Waals surface area contributed by atoms with Crippen molar-refractivity contribution in [3.63, 3.8) is 0 Å². The Morgan fingerprint density at radius 2 is 1.80 bits per heavy atom. The maximum absolute atomic E-state index is 8.89. The van der Waals surface area contributed by atoms with Crippen molar-refractivity contribution in [1.82, 2.24) is 0 Å². The fraction of sp³-hybridized carbons (Fsp3) is 0.455. The van der Waals surface area contributed by atoms with Gasteiger partial charge in [0.05, 0.1) is 13.2 Å². The maximum atomic E-state index is 8.89. The molecule has 0 heterocycles. The molecule has 0 saturated heterocycles. The molecule has 15 heavy (non-hydrogen) atoms. The van der Waals surface area contributed by atoms with Crippen LogP contribution in [0, 0.1) is 6.92 Å². The largest absolute Gasteiger partial charge is 0.395 e. The number of aliphatic hydroxyl groups is 2. The molecule has 4 heteroatoms. The number of rotatable bonds is 5. The standard InChI is InChI=1S/C11H16ClNO2/c1-9-2-3-10(8-11(9)12)13(4-6-14)5-7-15/h2-3,8,14-15H,4-7H2,1H3. The molecule has 2 N–H and O–H groups in total. The number of anilines is 1. The Labute approximate surface area is 94.9 Å². The Morgan fingerprint density at radius 3 is 2.27 bits per heavy atom. The zero-order valence-electron chi connectivity index (χ0n) is 8.78. The van der Waals surface area contributed by atoms with Crippen molar-refractivity contribution >= 4 is 17.3 Å². The highest BCUT2D eigenvalue weighted by molar-refractivity contribution is 6.31. The Hall–Kier alpha value is -0.770. The van der Waals surface area contributed by atoms with Gasteiger partial charge in [-0.1, -0.05) is 17.7 Å². The third kappa shape index (κ3) is 3.38. The molecule has 0 aromatic heterocycles. The molecule has 84 valence electrons. The summed E-state index contributed by atoms with van der Waals surface area (Å²) in [5.41, 5.74) is 1.95. The number of aliphatic hydroxyl groups excluding tert-OH is 2. The van der Waals surface area contributed by atoms with Crippen LogP contribution in [0.15, 0.2) is 18.2 Å². The molecule has 0 amide bonds. The van der Waals surface area contributed by atoms with Gasteiger partial charge in [-0.05, 0) is 24.6 Å². The van der Waals surface area contributed by atoms with Crippen LogP contribution in [0.2, 0.25) is 5.02 Å². The molecule has 0 radical (unpaired) electrons. The van der Waals surface area contributed by atoms with Gasteiger partial charge < -0.3 is 15.1 Å². The third-order valence-electron chi connectivity index (χ3n) is 2.26. The zero-order chi connectivity index (χ0) is 11.3. The molecule has 1 rings (SSSR count). The Balaban J connectivity index is 2.85. The maximum Gasteiger partial charge on any atom is 0.0606 e. The normalized spacial score (nSPS) is 10.4. The number of aryl methyl sites for hydroxylation is 1. The van der Waals surface area contributed by atoms with Crippen molar-refractivity contribution in [2.24, 2.45) is 0 Å². The fourth-order valence-electron chi connectivity index (χ4n) is 1.39.